The first kappa shape index (κ1) is 18.3. The number of ether oxygens (including phenoxy) is 1. The molecule has 3 heterocycles. The average molecular weight is 373 g/mol. The number of carboxylic acid groups (broad SMARTS) is 1. The summed E-state index contributed by atoms with van der Waals surface area (Å²) in [6.45, 7) is 9.86. The third kappa shape index (κ3) is 3.86. The Morgan fingerprint density at radius 1 is 1.31 bits per heavy atom. The molecule has 3 aromatic rings. The summed E-state index contributed by atoms with van der Waals surface area (Å²) in [5, 5.41) is 14.5. The molecule has 0 spiro atoms. The van der Waals surface area contributed by atoms with E-state index < -0.39 is 14.0 Å². The standard InChI is InChI=1S/C18H24N4O3Si/c1-13-15(18(23)24)11-22(20-13)16-5-7-19-17-14(16)6-8-21(17)12-25-9-10-26(2,3)4/h5-8,11H,9-10,12H2,1-4H3,(H,23,24). The van der Waals surface area contributed by atoms with Gasteiger partial charge in [0, 0.05) is 38.7 Å². The van der Waals surface area contributed by atoms with Crippen LogP contribution >= 0.6 is 0 Å². The van der Waals surface area contributed by atoms with E-state index in [1.54, 1.807) is 17.8 Å². The van der Waals surface area contributed by atoms with E-state index in [2.05, 4.69) is 29.7 Å². The molecule has 26 heavy (non-hydrogen) atoms. The highest BCUT2D eigenvalue weighted by Crippen LogP contribution is 2.22. The van der Waals surface area contributed by atoms with Crippen molar-refractivity contribution in [3.05, 3.63) is 42.0 Å². The number of hydrogen-bond donors (Lipinski definition) is 1. The van der Waals surface area contributed by atoms with Crippen molar-refractivity contribution in [3.63, 3.8) is 0 Å². The van der Waals surface area contributed by atoms with Crippen molar-refractivity contribution in [2.24, 2.45) is 0 Å². The zero-order valence-electron chi connectivity index (χ0n) is 15.6. The van der Waals surface area contributed by atoms with Gasteiger partial charge in [-0.05, 0) is 25.1 Å². The predicted octanol–water partition coefficient (Wildman–Crippen LogP) is 3.54. The lowest BCUT2D eigenvalue weighted by atomic mass is 10.2. The van der Waals surface area contributed by atoms with Gasteiger partial charge in [-0.2, -0.15) is 5.10 Å². The third-order valence-electron chi connectivity index (χ3n) is 4.24. The fourth-order valence-electron chi connectivity index (χ4n) is 2.71. The van der Waals surface area contributed by atoms with Gasteiger partial charge in [0.15, 0.2) is 0 Å². The summed E-state index contributed by atoms with van der Waals surface area (Å²) in [7, 11) is -1.11. The van der Waals surface area contributed by atoms with Gasteiger partial charge in [-0.1, -0.05) is 19.6 Å². The number of aromatic carboxylic acids is 1. The average Bonchev–Trinajstić information content (AvgIpc) is 3.14. The van der Waals surface area contributed by atoms with E-state index in [0.29, 0.717) is 12.4 Å². The van der Waals surface area contributed by atoms with Crippen molar-refractivity contribution in [2.45, 2.75) is 39.3 Å². The first-order valence-corrected chi connectivity index (χ1v) is 12.3. The summed E-state index contributed by atoms with van der Waals surface area (Å²) < 4.78 is 9.37. The Labute approximate surface area is 153 Å². The second kappa shape index (κ2) is 7.04. The highest BCUT2D eigenvalue weighted by atomic mass is 28.3. The zero-order chi connectivity index (χ0) is 18.9. The summed E-state index contributed by atoms with van der Waals surface area (Å²) in [5.74, 6) is -0.979. The van der Waals surface area contributed by atoms with Crippen molar-refractivity contribution in [1.29, 1.82) is 0 Å². The maximum Gasteiger partial charge on any atom is 0.339 e. The molecule has 0 fully saturated rings. The molecule has 3 aromatic heterocycles. The Kier molecular flexibility index (Phi) is 4.97. The molecule has 0 bridgehead atoms. The molecule has 0 aliphatic carbocycles. The molecule has 8 heteroatoms. The fraction of sp³-hybridized carbons (Fsp3) is 0.389. The molecule has 0 aromatic carbocycles. The molecule has 0 unspecified atom stereocenters. The molecule has 7 nitrogen and oxygen atoms in total. The van der Waals surface area contributed by atoms with Gasteiger partial charge < -0.3 is 14.4 Å². The van der Waals surface area contributed by atoms with E-state index in [-0.39, 0.29) is 5.56 Å². The van der Waals surface area contributed by atoms with E-state index in [0.717, 1.165) is 29.4 Å². The van der Waals surface area contributed by atoms with E-state index in [9.17, 15) is 9.90 Å². The number of hydrogen-bond acceptors (Lipinski definition) is 4. The Morgan fingerprint density at radius 2 is 2.08 bits per heavy atom. The van der Waals surface area contributed by atoms with E-state index >= 15 is 0 Å². The van der Waals surface area contributed by atoms with Gasteiger partial charge in [-0.3, -0.25) is 0 Å². The number of aryl methyl sites for hydroxylation is 1. The van der Waals surface area contributed by atoms with Crippen LogP contribution in [0, 0.1) is 6.92 Å². The minimum atomic E-state index is -1.11. The van der Waals surface area contributed by atoms with Gasteiger partial charge in [0.25, 0.3) is 0 Å². The topological polar surface area (TPSA) is 82.2 Å². The van der Waals surface area contributed by atoms with Crippen LogP contribution in [0.25, 0.3) is 16.7 Å². The quantitative estimate of drug-likeness (QED) is 0.507. The number of nitrogens with zero attached hydrogens (tertiary/aromatic N) is 4. The SMILES string of the molecule is Cc1nn(-c2ccnc3c2ccn3COCC[Si](C)(C)C)cc1C(=O)O. The summed E-state index contributed by atoms with van der Waals surface area (Å²) in [5.41, 5.74) is 2.27. The minimum Gasteiger partial charge on any atom is -0.478 e. The molecule has 0 aliphatic rings. The van der Waals surface area contributed by atoms with Crippen LogP contribution in [0.15, 0.2) is 30.7 Å². The fourth-order valence-corrected chi connectivity index (χ4v) is 3.47. The van der Waals surface area contributed by atoms with Crippen LogP contribution in [-0.4, -0.2) is 45.1 Å². The van der Waals surface area contributed by atoms with Gasteiger partial charge in [0.05, 0.1) is 11.4 Å². The monoisotopic (exact) mass is 372 g/mol. The Hall–Kier alpha value is -2.45. The van der Waals surface area contributed by atoms with Gasteiger partial charge >= 0.3 is 5.97 Å². The molecule has 0 atom stereocenters. The van der Waals surface area contributed by atoms with Crippen LogP contribution in [0.2, 0.25) is 25.7 Å². The van der Waals surface area contributed by atoms with Crippen LogP contribution < -0.4 is 0 Å². The van der Waals surface area contributed by atoms with E-state index in [1.165, 1.54) is 6.20 Å². The first-order chi connectivity index (χ1) is 12.3. The second-order valence-corrected chi connectivity index (χ2v) is 13.2. The summed E-state index contributed by atoms with van der Waals surface area (Å²) in [4.78, 5) is 15.7. The summed E-state index contributed by atoms with van der Waals surface area (Å²) in [6, 6.07) is 4.91. The van der Waals surface area contributed by atoms with Crippen LogP contribution in [0.3, 0.4) is 0 Å². The highest BCUT2D eigenvalue weighted by molar-refractivity contribution is 6.76. The van der Waals surface area contributed by atoms with Crippen LogP contribution in [0.4, 0.5) is 0 Å². The molecule has 0 aliphatic heterocycles. The Bertz CT molecular complexity index is 940. The largest absolute Gasteiger partial charge is 0.478 e. The van der Waals surface area contributed by atoms with Gasteiger partial charge in [-0.15, -0.1) is 0 Å². The minimum absolute atomic E-state index is 0.198. The third-order valence-corrected chi connectivity index (χ3v) is 5.95. The molecular weight excluding hydrogens is 348 g/mol. The normalized spacial score (nSPS) is 12.0. The molecule has 138 valence electrons. The first-order valence-electron chi connectivity index (χ1n) is 8.58. The number of fused-ring (bicyclic) bond motifs is 1. The van der Waals surface area contributed by atoms with Crippen LogP contribution in [0.5, 0.6) is 0 Å². The van der Waals surface area contributed by atoms with Gasteiger partial charge in [0.1, 0.15) is 17.9 Å². The van der Waals surface area contributed by atoms with Crippen molar-refractivity contribution in [3.8, 4) is 5.69 Å². The number of rotatable bonds is 7. The number of carboxylic acids is 1. The van der Waals surface area contributed by atoms with Crippen molar-refractivity contribution in [2.75, 3.05) is 6.61 Å². The maximum atomic E-state index is 11.3. The molecule has 0 amide bonds. The van der Waals surface area contributed by atoms with Crippen LogP contribution in [-0.2, 0) is 11.5 Å². The van der Waals surface area contributed by atoms with Crippen molar-refractivity contribution >= 4 is 25.1 Å². The van der Waals surface area contributed by atoms with E-state index in [4.69, 9.17) is 4.74 Å². The molecule has 1 N–H and O–H groups in total. The van der Waals surface area contributed by atoms with E-state index in [1.807, 2.05) is 22.9 Å². The van der Waals surface area contributed by atoms with Crippen molar-refractivity contribution in [1.82, 2.24) is 19.3 Å². The molecule has 0 saturated carbocycles. The maximum absolute atomic E-state index is 11.3. The Morgan fingerprint density at radius 3 is 2.73 bits per heavy atom. The van der Waals surface area contributed by atoms with Gasteiger partial charge in [-0.25, -0.2) is 14.5 Å². The molecule has 0 saturated heterocycles. The predicted molar refractivity (Wildman–Crippen MR) is 103 cm³/mol. The molecule has 0 radical (unpaired) electrons. The Balaban J connectivity index is 1.85. The van der Waals surface area contributed by atoms with Gasteiger partial charge in [0.2, 0.25) is 0 Å². The zero-order valence-corrected chi connectivity index (χ0v) is 16.6. The highest BCUT2D eigenvalue weighted by Gasteiger charge is 2.16. The van der Waals surface area contributed by atoms with Crippen LogP contribution in [0.1, 0.15) is 16.1 Å². The smallest absolute Gasteiger partial charge is 0.339 e. The lowest BCUT2D eigenvalue weighted by Crippen LogP contribution is -2.22. The number of pyridine rings is 1. The number of aromatic nitrogens is 4. The lowest BCUT2D eigenvalue weighted by Gasteiger charge is -2.15. The summed E-state index contributed by atoms with van der Waals surface area (Å²) in [6.07, 6.45) is 5.17. The van der Waals surface area contributed by atoms with Crippen molar-refractivity contribution < 1.29 is 14.6 Å². The number of carbonyl (C=O) groups is 1. The molecular formula is C18H24N4O3Si. The second-order valence-electron chi connectivity index (χ2n) is 7.58. The lowest BCUT2D eigenvalue weighted by molar-refractivity contribution is 0.0696. The molecule has 3 rings (SSSR count). The summed E-state index contributed by atoms with van der Waals surface area (Å²) >= 11 is 0.